The Labute approximate surface area is 151 Å². The van der Waals surface area contributed by atoms with Crippen LogP contribution >= 0.6 is 0 Å². The summed E-state index contributed by atoms with van der Waals surface area (Å²) in [5.41, 5.74) is 6.63. The molecule has 2 aromatic carbocycles. The van der Waals surface area contributed by atoms with Gasteiger partial charge in [-0.25, -0.2) is 9.67 Å². The Morgan fingerprint density at radius 2 is 1.88 bits per heavy atom. The van der Waals surface area contributed by atoms with Gasteiger partial charge in [0, 0.05) is 12.8 Å². The summed E-state index contributed by atoms with van der Waals surface area (Å²) in [4.78, 5) is 15.6. The first-order chi connectivity index (χ1) is 12.6. The summed E-state index contributed by atoms with van der Waals surface area (Å²) in [6.07, 6.45) is -0.532. The van der Waals surface area contributed by atoms with Gasteiger partial charge in [-0.15, -0.1) is 5.10 Å². The van der Waals surface area contributed by atoms with E-state index in [0.29, 0.717) is 29.2 Å². The number of nitrogens with zero attached hydrogens (tertiary/aromatic N) is 3. The maximum absolute atomic E-state index is 11.2. The quantitative estimate of drug-likeness (QED) is 0.674. The van der Waals surface area contributed by atoms with E-state index in [0.717, 1.165) is 0 Å². The second-order valence-electron chi connectivity index (χ2n) is 5.75. The molecule has 134 valence electrons. The van der Waals surface area contributed by atoms with Gasteiger partial charge in [0.05, 0.1) is 7.11 Å². The molecule has 0 unspecified atom stereocenters. The van der Waals surface area contributed by atoms with Crippen molar-refractivity contribution >= 4 is 5.91 Å². The summed E-state index contributed by atoms with van der Waals surface area (Å²) in [7, 11) is 1.57. The number of para-hydroxylation sites is 2. The highest BCUT2D eigenvalue weighted by Crippen LogP contribution is 2.25. The molecule has 0 aliphatic carbocycles. The maximum Gasteiger partial charge on any atom is 0.217 e. The molecule has 0 aliphatic heterocycles. The number of ether oxygens (including phenoxy) is 1. The zero-order valence-electron chi connectivity index (χ0n) is 14.4. The Hall–Kier alpha value is -3.19. The highest BCUT2D eigenvalue weighted by atomic mass is 16.5. The van der Waals surface area contributed by atoms with E-state index >= 15 is 0 Å². The van der Waals surface area contributed by atoms with Crippen molar-refractivity contribution in [1.82, 2.24) is 14.8 Å². The average Bonchev–Trinajstić information content (AvgIpc) is 3.10. The van der Waals surface area contributed by atoms with Crippen LogP contribution < -0.4 is 10.5 Å². The van der Waals surface area contributed by atoms with Gasteiger partial charge in [0.1, 0.15) is 23.4 Å². The second-order valence-corrected chi connectivity index (χ2v) is 5.75. The Kier molecular flexibility index (Phi) is 5.28. The van der Waals surface area contributed by atoms with Crippen molar-refractivity contribution in [1.29, 1.82) is 0 Å². The van der Waals surface area contributed by atoms with E-state index in [1.54, 1.807) is 23.9 Å². The number of methoxy groups -OCH3 is 1. The number of amides is 1. The molecule has 1 atom stereocenters. The van der Waals surface area contributed by atoms with E-state index in [9.17, 15) is 9.90 Å². The average molecular weight is 352 g/mol. The van der Waals surface area contributed by atoms with E-state index < -0.39 is 12.0 Å². The zero-order chi connectivity index (χ0) is 18.5. The lowest BCUT2D eigenvalue weighted by Crippen LogP contribution is -2.13. The monoisotopic (exact) mass is 352 g/mol. The van der Waals surface area contributed by atoms with Crippen LogP contribution in [0.25, 0.3) is 5.69 Å². The van der Waals surface area contributed by atoms with Crippen LogP contribution in [0.15, 0.2) is 54.6 Å². The van der Waals surface area contributed by atoms with Crippen LogP contribution in [-0.2, 0) is 11.2 Å². The molecule has 0 bridgehead atoms. The number of aliphatic hydroxyl groups is 1. The van der Waals surface area contributed by atoms with E-state index in [-0.39, 0.29) is 12.2 Å². The predicted molar refractivity (Wildman–Crippen MR) is 95.9 cm³/mol. The van der Waals surface area contributed by atoms with Gasteiger partial charge in [-0.05, 0) is 17.7 Å². The molecule has 1 amide bonds. The van der Waals surface area contributed by atoms with Crippen molar-refractivity contribution in [3.05, 3.63) is 71.8 Å². The lowest BCUT2D eigenvalue weighted by atomic mass is 10.1. The molecule has 26 heavy (non-hydrogen) atoms. The molecule has 7 heteroatoms. The first kappa shape index (κ1) is 17.6. The number of aromatic nitrogens is 3. The van der Waals surface area contributed by atoms with Crippen LogP contribution in [0.2, 0.25) is 0 Å². The van der Waals surface area contributed by atoms with Crippen molar-refractivity contribution in [3.63, 3.8) is 0 Å². The second kappa shape index (κ2) is 7.79. The summed E-state index contributed by atoms with van der Waals surface area (Å²) < 4.78 is 6.98. The zero-order valence-corrected chi connectivity index (χ0v) is 14.4. The number of carbonyl (C=O) groups excluding carboxylic acids is 1. The van der Waals surface area contributed by atoms with Gasteiger partial charge in [-0.1, -0.05) is 42.5 Å². The number of carbonyl (C=O) groups is 1. The summed E-state index contributed by atoms with van der Waals surface area (Å²) >= 11 is 0. The van der Waals surface area contributed by atoms with Crippen molar-refractivity contribution < 1.29 is 14.6 Å². The third-order valence-electron chi connectivity index (χ3n) is 3.96. The van der Waals surface area contributed by atoms with Gasteiger partial charge in [0.2, 0.25) is 5.91 Å². The van der Waals surface area contributed by atoms with Crippen LogP contribution in [0.4, 0.5) is 0 Å². The third-order valence-corrected chi connectivity index (χ3v) is 3.96. The van der Waals surface area contributed by atoms with E-state index in [1.807, 2.05) is 42.5 Å². The molecule has 0 saturated heterocycles. The minimum atomic E-state index is -0.973. The molecule has 3 N–H and O–H groups in total. The molecular weight excluding hydrogens is 332 g/mol. The van der Waals surface area contributed by atoms with E-state index in [4.69, 9.17) is 10.5 Å². The van der Waals surface area contributed by atoms with Gasteiger partial charge >= 0.3 is 0 Å². The number of rotatable bonds is 7. The van der Waals surface area contributed by atoms with Crippen molar-refractivity contribution in [2.24, 2.45) is 5.73 Å². The number of hydrogen-bond acceptors (Lipinski definition) is 5. The first-order valence-corrected chi connectivity index (χ1v) is 8.20. The number of aliphatic hydroxyl groups excluding tert-OH is 1. The fourth-order valence-corrected chi connectivity index (χ4v) is 2.66. The maximum atomic E-state index is 11.2. The van der Waals surface area contributed by atoms with E-state index in [1.165, 1.54) is 0 Å². The number of hydrogen-bond donors (Lipinski definition) is 2. The Bertz CT molecular complexity index is 893. The largest absolute Gasteiger partial charge is 0.494 e. The number of benzene rings is 2. The number of aryl methyl sites for hydroxylation is 1. The molecule has 0 radical (unpaired) electrons. The molecular formula is C19H20N4O3. The normalized spacial score (nSPS) is 11.9. The van der Waals surface area contributed by atoms with Gasteiger partial charge in [-0.3, -0.25) is 4.79 Å². The van der Waals surface area contributed by atoms with Crippen LogP contribution in [0.1, 0.15) is 29.7 Å². The molecule has 7 nitrogen and oxygen atoms in total. The summed E-state index contributed by atoms with van der Waals surface area (Å²) in [6.45, 7) is 0. The molecule has 0 spiro atoms. The van der Waals surface area contributed by atoms with Crippen LogP contribution in [0, 0.1) is 0 Å². The fraction of sp³-hybridized carbons (Fsp3) is 0.211. The smallest absolute Gasteiger partial charge is 0.217 e. The van der Waals surface area contributed by atoms with Gasteiger partial charge in [0.25, 0.3) is 0 Å². The molecule has 0 aliphatic rings. The highest BCUT2D eigenvalue weighted by Gasteiger charge is 2.21. The molecule has 0 fully saturated rings. The van der Waals surface area contributed by atoms with Gasteiger partial charge < -0.3 is 15.6 Å². The van der Waals surface area contributed by atoms with Crippen molar-refractivity contribution in [2.45, 2.75) is 18.9 Å². The van der Waals surface area contributed by atoms with Crippen LogP contribution in [0.5, 0.6) is 5.75 Å². The molecule has 1 aromatic heterocycles. The van der Waals surface area contributed by atoms with Crippen molar-refractivity contribution in [3.8, 4) is 11.4 Å². The highest BCUT2D eigenvalue weighted by molar-refractivity contribution is 5.73. The van der Waals surface area contributed by atoms with E-state index in [2.05, 4.69) is 10.1 Å². The Morgan fingerprint density at radius 1 is 1.19 bits per heavy atom. The van der Waals surface area contributed by atoms with Gasteiger partial charge in [0.15, 0.2) is 5.82 Å². The first-order valence-electron chi connectivity index (χ1n) is 8.20. The Balaban J connectivity index is 2.04. The lowest BCUT2D eigenvalue weighted by molar-refractivity contribution is -0.118. The standard InChI is InChI=1S/C19H20N4O3/c1-26-15-10-6-5-9-14(15)23-17(12-11-16(20)24)21-19(22-23)18(25)13-7-3-2-4-8-13/h2-10,18,25H,11-12H2,1H3,(H2,20,24)/t18-/m1/s1. The van der Waals surface area contributed by atoms with Crippen LogP contribution in [0.3, 0.4) is 0 Å². The lowest BCUT2D eigenvalue weighted by Gasteiger charge is -2.10. The third kappa shape index (κ3) is 3.73. The topological polar surface area (TPSA) is 103 Å². The fourth-order valence-electron chi connectivity index (χ4n) is 2.66. The minimum absolute atomic E-state index is 0.134. The minimum Gasteiger partial charge on any atom is -0.494 e. The summed E-state index contributed by atoms with van der Waals surface area (Å²) in [5.74, 6) is 0.961. The molecule has 0 saturated carbocycles. The number of nitrogens with two attached hydrogens (primary N) is 1. The Morgan fingerprint density at radius 3 is 2.58 bits per heavy atom. The van der Waals surface area contributed by atoms with Crippen LogP contribution in [-0.4, -0.2) is 32.9 Å². The molecule has 1 heterocycles. The predicted octanol–water partition coefficient (Wildman–Crippen LogP) is 1.78. The summed E-state index contributed by atoms with van der Waals surface area (Å²) in [6, 6.07) is 16.5. The summed E-state index contributed by atoms with van der Waals surface area (Å²) in [5, 5.41) is 15.1. The van der Waals surface area contributed by atoms with Gasteiger partial charge in [-0.2, -0.15) is 0 Å². The SMILES string of the molecule is COc1ccccc1-n1nc([C@H](O)c2ccccc2)nc1CCC(N)=O. The molecule has 3 aromatic rings. The van der Waals surface area contributed by atoms with Crippen molar-refractivity contribution in [2.75, 3.05) is 7.11 Å². The number of primary amides is 1. The molecule has 3 rings (SSSR count).